The van der Waals surface area contributed by atoms with Gasteiger partial charge in [-0.3, -0.25) is 14.4 Å². The van der Waals surface area contributed by atoms with Crippen LogP contribution in [0.2, 0.25) is 0 Å². The summed E-state index contributed by atoms with van der Waals surface area (Å²) in [4.78, 5) is 35.5. The Labute approximate surface area is 97.4 Å². The van der Waals surface area contributed by atoms with E-state index in [1.807, 2.05) is 0 Å². The number of carbonyl (C=O) groups is 3. The molecule has 0 saturated heterocycles. The zero-order valence-electron chi connectivity index (χ0n) is 8.84. The largest absolute Gasteiger partial charge is 0.293 e. The van der Waals surface area contributed by atoms with Crippen molar-refractivity contribution in [2.45, 2.75) is 0 Å². The number of carbonyl (C=O) groups excluding carboxylic acids is 3. The molecule has 0 spiro atoms. The van der Waals surface area contributed by atoms with Gasteiger partial charge >= 0.3 is 0 Å². The van der Waals surface area contributed by atoms with Gasteiger partial charge in [0.1, 0.15) is 0 Å². The number of Topliss-reactive ketones (excluding diaryl/α,β-unsaturated/α-hetero) is 2. The molecule has 0 saturated carbocycles. The molecule has 2 aliphatic carbocycles. The Morgan fingerprint density at radius 1 is 0.941 bits per heavy atom. The average Bonchev–Trinajstić information content (AvgIpc) is 2.36. The van der Waals surface area contributed by atoms with Gasteiger partial charge in [0.15, 0.2) is 17.3 Å². The molecule has 0 N–H and O–H groups in total. The molecule has 1 atom stereocenters. The van der Waals surface area contributed by atoms with E-state index in [2.05, 4.69) is 0 Å². The molecule has 0 fully saturated rings. The van der Waals surface area contributed by atoms with Crippen LogP contribution in [0, 0.1) is 5.92 Å². The van der Waals surface area contributed by atoms with Gasteiger partial charge < -0.3 is 0 Å². The summed E-state index contributed by atoms with van der Waals surface area (Å²) in [5.74, 6) is -1.16. The number of hydrogen-bond donors (Lipinski definition) is 0. The molecule has 0 aromatic heterocycles. The number of ketones is 3. The quantitative estimate of drug-likeness (QED) is 0.674. The average molecular weight is 224 g/mol. The maximum absolute atomic E-state index is 12.1. The fraction of sp³-hybridized carbons (Fsp3) is 0.0714. The number of rotatable bonds is 0. The van der Waals surface area contributed by atoms with Crippen LogP contribution >= 0.6 is 0 Å². The highest BCUT2D eigenvalue weighted by Crippen LogP contribution is 2.32. The molecule has 1 aromatic carbocycles. The first kappa shape index (κ1) is 9.90. The van der Waals surface area contributed by atoms with Crippen LogP contribution in [0.4, 0.5) is 0 Å². The van der Waals surface area contributed by atoms with E-state index in [4.69, 9.17) is 0 Å². The minimum Gasteiger partial charge on any atom is -0.293 e. The molecule has 2 aliphatic rings. The van der Waals surface area contributed by atoms with Crippen molar-refractivity contribution in [1.82, 2.24) is 0 Å². The summed E-state index contributed by atoms with van der Waals surface area (Å²) in [6.07, 6.45) is 4.11. The highest BCUT2D eigenvalue weighted by Gasteiger charge is 2.36. The predicted octanol–water partition coefficient (Wildman–Crippen LogP) is 1.75. The summed E-state index contributed by atoms with van der Waals surface area (Å²) in [6, 6.07) is 6.72. The van der Waals surface area contributed by atoms with Crippen LogP contribution in [0.15, 0.2) is 48.1 Å². The fourth-order valence-corrected chi connectivity index (χ4v) is 2.24. The standard InChI is InChI=1S/C14H8O3/c15-8-5-6-11-12(7-8)14(17)10-4-2-1-3-9(10)13(11)16/h1-7,11H. The lowest BCUT2D eigenvalue weighted by Crippen LogP contribution is -2.30. The molecule has 3 nitrogen and oxygen atoms in total. The molecule has 1 aromatic rings. The summed E-state index contributed by atoms with van der Waals surface area (Å²) in [7, 11) is 0. The summed E-state index contributed by atoms with van der Waals surface area (Å²) in [5.41, 5.74) is 1.13. The molecule has 0 heterocycles. The first-order valence-electron chi connectivity index (χ1n) is 5.30. The third-order valence-corrected chi connectivity index (χ3v) is 3.07. The number of fused-ring (bicyclic) bond motifs is 2. The zero-order chi connectivity index (χ0) is 12.0. The second-order valence-corrected chi connectivity index (χ2v) is 4.08. The topological polar surface area (TPSA) is 51.2 Å². The minimum absolute atomic E-state index is 0.116. The summed E-state index contributed by atoms with van der Waals surface area (Å²) < 4.78 is 0. The SMILES string of the molecule is O=C1C=CC2C(=O)c3ccccc3C(=O)C2=C1. The van der Waals surface area contributed by atoms with E-state index in [1.54, 1.807) is 24.3 Å². The van der Waals surface area contributed by atoms with Gasteiger partial charge in [0, 0.05) is 16.7 Å². The molecule has 0 bridgehead atoms. The Morgan fingerprint density at radius 3 is 2.41 bits per heavy atom. The highest BCUT2D eigenvalue weighted by atomic mass is 16.1. The van der Waals surface area contributed by atoms with Crippen LogP contribution in [0.1, 0.15) is 20.7 Å². The molecular weight excluding hydrogens is 216 g/mol. The molecule has 0 radical (unpaired) electrons. The van der Waals surface area contributed by atoms with Crippen LogP contribution in [-0.2, 0) is 4.79 Å². The summed E-state index contributed by atoms with van der Waals surface area (Å²) in [5, 5.41) is 0. The Bertz CT molecular complexity index is 620. The first-order valence-corrected chi connectivity index (χ1v) is 5.30. The molecule has 17 heavy (non-hydrogen) atoms. The van der Waals surface area contributed by atoms with Gasteiger partial charge in [0.25, 0.3) is 0 Å². The van der Waals surface area contributed by atoms with Gasteiger partial charge in [0.05, 0.1) is 5.92 Å². The van der Waals surface area contributed by atoms with Crippen molar-refractivity contribution in [3.05, 3.63) is 59.2 Å². The summed E-state index contributed by atoms with van der Waals surface area (Å²) >= 11 is 0. The van der Waals surface area contributed by atoms with Crippen molar-refractivity contribution in [3.8, 4) is 0 Å². The number of hydrogen-bond acceptors (Lipinski definition) is 3. The van der Waals surface area contributed by atoms with E-state index in [0.717, 1.165) is 0 Å². The normalized spacial score (nSPS) is 22.0. The van der Waals surface area contributed by atoms with Crippen molar-refractivity contribution in [3.63, 3.8) is 0 Å². The highest BCUT2D eigenvalue weighted by molar-refractivity contribution is 6.26. The molecule has 0 aliphatic heterocycles. The van der Waals surface area contributed by atoms with Gasteiger partial charge in [-0.25, -0.2) is 0 Å². The molecule has 82 valence electrons. The molecule has 3 rings (SSSR count). The first-order chi connectivity index (χ1) is 8.18. The second-order valence-electron chi connectivity index (χ2n) is 4.08. The Morgan fingerprint density at radius 2 is 1.65 bits per heavy atom. The zero-order valence-corrected chi connectivity index (χ0v) is 8.84. The van der Waals surface area contributed by atoms with Gasteiger partial charge in [-0.2, -0.15) is 0 Å². The van der Waals surface area contributed by atoms with Crippen molar-refractivity contribution in [1.29, 1.82) is 0 Å². The third kappa shape index (κ3) is 1.32. The van der Waals surface area contributed by atoms with Gasteiger partial charge in [0.2, 0.25) is 0 Å². The van der Waals surface area contributed by atoms with Crippen LogP contribution in [0.5, 0.6) is 0 Å². The van der Waals surface area contributed by atoms with Gasteiger partial charge in [-0.15, -0.1) is 0 Å². The van der Waals surface area contributed by atoms with Crippen LogP contribution in [0.3, 0.4) is 0 Å². The van der Waals surface area contributed by atoms with Crippen molar-refractivity contribution >= 4 is 17.3 Å². The summed E-state index contributed by atoms with van der Waals surface area (Å²) in [6.45, 7) is 0. The van der Waals surface area contributed by atoms with Crippen LogP contribution in [0.25, 0.3) is 0 Å². The Hall–Kier alpha value is -2.29. The lowest BCUT2D eigenvalue weighted by molar-refractivity contribution is -0.110. The van der Waals surface area contributed by atoms with E-state index in [0.29, 0.717) is 16.7 Å². The van der Waals surface area contributed by atoms with E-state index in [9.17, 15) is 14.4 Å². The van der Waals surface area contributed by atoms with Crippen molar-refractivity contribution < 1.29 is 14.4 Å². The lowest BCUT2D eigenvalue weighted by atomic mass is 9.76. The van der Waals surface area contributed by atoms with Crippen LogP contribution < -0.4 is 0 Å². The maximum atomic E-state index is 12.1. The second kappa shape index (κ2) is 3.35. The molecule has 1 unspecified atom stereocenters. The minimum atomic E-state index is -0.588. The monoisotopic (exact) mass is 224 g/mol. The smallest absolute Gasteiger partial charge is 0.190 e. The van der Waals surface area contributed by atoms with E-state index >= 15 is 0 Å². The lowest BCUT2D eigenvalue weighted by Gasteiger charge is -2.24. The molecule has 0 amide bonds. The molecule has 3 heteroatoms. The number of allylic oxidation sites excluding steroid dienone is 4. The van der Waals surface area contributed by atoms with Crippen molar-refractivity contribution in [2.24, 2.45) is 5.92 Å². The third-order valence-electron chi connectivity index (χ3n) is 3.07. The predicted molar refractivity (Wildman–Crippen MR) is 60.8 cm³/mol. The number of benzene rings is 1. The van der Waals surface area contributed by atoms with Crippen molar-refractivity contribution in [2.75, 3.05) is 0 Å². The fourth-order valence-electron chi connectivity index (χ4n) is 2.24. The van der Waals surface area contributed by atoms with E-state index < -0.39 is 5.92 Å². The van der Waals surface area contributed by atoms with Gasteiger partial charge in [-0.1, -0.05) is 30.3 Å². The molecular formula is C14H8O3. The van der Waals surface area contributed by atoms with E-state index in [-0.39, 0.29) is 17.3 Å². The van der Waals surface area contributed by atoms with E-state index in [1.165, 1.54) is 18.2 Å². The van der Waals surface area contributed by atoms with Crippen LogP contribution in [-0.4, -0.2) is 17.3 Å². The Balaban J connectivity index is 2.25. The Kier molecular flexibility index (Phi) is 1.95. The maximum Gasteiger partial charge on any atom is 0.190 e. The van der Waals surface area contributed by atoms with Gasteiger partial charge in [-0.05, 0) is 12.2 Å².